The molecular weight excluding hydrogens is 548 g/mol. The molecule has 5 nitrogen and oxygen atoms in total. The number of rotatable bonds is 6. The van der Waals surface area contributed by atoms with Gasteiger partial charge in [0.2, 0.25) is 5.91 Å². The van der Waals surface area contributed by atoms with Gasteiger partial charge in [-0.15, -0.1) is 11.3 Å². The highest BCUT2D eigenvalue weighted by Crippen LogP contribution is 2.36. The number of aryl methyl sites for hydroxylation is 3. The molecule has 2 aromatic carbocycles. The number of hydrogen-bond acceptors (Lipinski definition) is 4. The minimum Gasteiger partial charge on any atom is -0.351 e. The number of benzene rings is 2. The van der Waals surface area contributed by atoms with Gasteiger partial charge in [0.05, 0.1) is 16.3 Å². The van der Waals surface area contributed by atoms with Crippen LogP contribution in [0.15, 0.2) is 40.9 Å². The molecule has 190 valence electrons. The number of anilines is 1. The smallest absolute Gasteiger partial charge is 0.271 e. The second-order valence-electron chi connectivity index (χ2n) is 9.19. The van der Waals surface area contributed by atoms with E-state index in [1.807, 2.05) is 6.92 Å². The average molecular weight is 577 g/mol. The van der Waals surface area contributed by atoms with Crippen LogP contribution >= 0.6 is 27.3 Å². The summed E-state index contributed by atoms with van der Waals surface area (Å²) in [4.78, 5) is 33.8. The van der Waals surface area contributed by atoms with E-state index in [0.717, 1.165) is 49.8 Å². The van der Waals surface area contributed by atoms with Crippen molar-refractivity contribution in [3.63, 3.8) is 0 Å². The van der Waals surface area contributed by atoms with E-state index in [2.05, 4.69) is 26.2 Å². The van der Waals surface area contributed by atoms with Gasteiger partial charge in [0.15, 0.2) is 0 Å². The predicted molar refractivity (Wildman–Crippen MR) is 141 cm³/mol. The highest BCUT2D eigenvalue weighted by atomic mass is 79.9. The van der Waals surface area contributed by atoms with Crippen LogP contribution in [0.25, 0.3) is 0 Å². The van der Waals surface area contributed by atoms with E-state index < -0.39 is 35.1 Å². The number of amides is 2. The lowest BCUT2D eigenvalue weighted by Crippen LogP contribution is -2.48. The van der Waals surface area contributed by atoms with Crippen molar-refractivity contribution in [1.29, 1.82) is 0 Å². The zero-order valence-corrected chi connectivity index (χ0v) is 22.8. The molecule has 9 heteroatoms. The first kappa shape index (κ1) is 26.4. The monoisotopic (exact) mass is 575 g/mol. The Hall–Kier alpha value is -2.65. The van der Waals surface area contributed by atoms with Crippen LogP contribution in [0, 0.1) is 32.4 Å². The Kier molecular flexibility index (Phi) is 8.20. The summed E-state index contributed by atoms with van der Waals surface area (Å²) in [5.74, 6) is -2.97. The van der Waals surface area contributed by atoms with Crippen LogP contribution in [0.5, 0.6) is 0 Å². The van der Waals surface area contributed by atoms with Crippen LogP contribution in [-0.2, 0) is 4.79 Å². The lowest BCUT2D eigenvalue weighted by Gasteiger charge is -2.33. The number of aromatic nitrogens is 1. The maximum atomic E-state index is 15.4. The Morgan fingerprint density at radius 1 is 1.06 bits per heavy atom. The summed E-state index contributed by atoms with van der Waals surface area (Å²) in [7, 11) is 0. The molecule has 1 aromatic heterocycles. The van der Waals surface area contributed by atoms with Crippen LogP contribution in [0.3, 0.4) is 0 Å². The van der Waals surface area contributed by atoms with Crippen LogP contribution in [0.1, 0.15) is 69.6 Å². The van der Waals surface area contributed by atoms with Gasteiger partial charge in [-0.05, 0) is 57.9 Å². The summed E-state index contributed by atoms with van der Waals surface area (Å²) < 4.78 is 31.0. The number of carbonyl (C=O) groups is 2. The first-order chi connectivity index (χ1) is 17.2. The maximum Gasteiger partial charge on any atom is 0.271 e. The molecule has 1 heterocycles. The second kappa shape index (κ2) is 11.2. The molecule has 1 N–H and O–H groups in total. The van der Waals surface area contributed by atoms with Crippen molar-refractivity contribution >= 4 is 44.8 Å². The van der Waals surface area contributed by atoms with Gasteiger partial charge in [-0.3, -0.25) is 14.5 Å². The summed E-state index contributed by atoms with van der Waals surface area (Å²) in [6.07, 6.45) is 4.60. The SMILES string of the molecule is Cc1ccc(N(C(=O)c2sc(C)nc2C)C(C(=O)NC2CCCCC2)c2c(F)cc(Br)cc2F)cc1. The molecule has 1 atom stereocenters. The fraction of sp³-hybridized carbons (Fsp3) is 0.370. The van der Waals surface area contributed by atoms with E-state index in [1.165, 1.54) is 16.2 Å². The number of carbonyl (C=O) groups excluding carboxylic acids is 2. The number of nitrogens with zero attached hydrogens (tertiary/aromatic N) is 2. The molecule has 0 aliphatic heterocycles. The topological polar surface area (TPSA) is 62.3 Å². The molecule has 1 aliphatic carbocycles. The van der Waals surface area contributed by atoms with E-state index in [9.17, 15) is 9.59 Å². The third-order valence-electron chi connectivity index (χ3n) is 6.40. The van der Waals surface area contributed by atoms with Crippen molar-refractivity contribution in [2.75, 3.05) is 4.90 Å². The van der Waals surface area contributed by atoms with Gasteiger partial charge < -0.3 is 5.32 Å². The molecule has 1 saturated carbocycles. The minimum absolute atomic E-state index is 0.113. The zero-order valence-electron chi connectivity index (χ0n) is 20.4. The summed E-state index contributed by atoms with van der Waals surface area (Å²) in [5.41, 5.74) is 1.34. The van der Waals surface area contributed by atoms with E-state index in [4.69, 9.17) is 0 Å². The molecule has 2 amide bonds. The van der Waals surface area contributed by atoms with Crippen LogP contribution < -0.4 is 10.2 Å². The maximum absolute atomic E-state index is 15.4. The summed E-state index contributed by atoms with van der Waals surface area (Å²) in [6.45, 7) is 5.39. The van der Waals surface area contributed by atoms with Crippen molar-refractivity contribution in [3.8, 4) is 0 Å². The molecule has 1 aliphatic rings. The molecule has 1 unspecified atom stereocenters. The van der Waals surface area contributed by atoms with E-state index in [-0.39, 0.29) is 10.5 Å². The highest BCUT2D eigenvalue weighted by Gasteiger charge is 2.39. The number of hydrogen-bond donors (Lipinski definition) is 1. The lowest BCUT2D eigenvalue weighted by atomic mass is 9.94. The van der Waals surface area contributed by atoms with Gasteiger partial charge in [0, 0.05) is 16.2 Å². The van der Waals surface area contributed by atoms with E-state index >= 15 is 8.78 Å². The average Bonchev–Trinajstić information content (AvgIpc) is 3.17. The largest absolute Gasteiger partial charge is 0.351 e. The van der Waals surface area contributed by atoms with Gasteiger partial charge in [0.1, 0.15) is 22.6 Å². The van der Waals surface area contributed by atoms with Crippen molar-refractivity contribution < 1.29 is 18.4 Å². The Labute approximate surface area is 222 Å². The molecule has 0 spiro atoms. The van der Waals surface area contributed by atoms with Crippen molar-refractivity contribution in [1.82, 2.24) is 10.3 Å². The van der Waals surface area contributed by atoms with E-state index in [1.54, 1.807) is 38.1 Å². The number of nitrogens with one attached hydrogen (secondary N) is 1. The molecule has 0 saturated heterocycles. The fourth-order valence-corrected chi connectivity index (χ4v) is 5.91. The fourth-order valence-electron chi connectivity index (χ4n) is 4.65. The normalized spacial score (nSPS) is 14.9. The molecule has 1 fully saturated rings. The van der Waals surface area contributed by atoms with Crippen molar-refractivity contribution in [2.45, 2.75) is 65.0 Å². The van der Waals surface area contributed by atoms with Gasteiger partial charge in [-0.25, -0.2) is 13.8 Å². The summed E-state index contributed by atoms with van der Waals surface area (Å²) in [5, 5.41) is 3.67. The van der Waals surface area contributed by atoms with Gasteiger partial charge >= 0.3 is 0 Å². The third kappa shape index (κ3) is 5.67. The number of halogens is 3. The lowest BCUT2D eigenvalue weighted by molar-refractivity contribution is -0.123. The van der Waals surface area contributed by atoms with Crippen LogP contribution in [0.2, 0.25) is 0 Å². The standard InChI is InChI=1S/C27H28BrF2N3O2S/c1-15-9-11-20(12-10-15)33(27(35)25-16(2)31-17(3)36-25)24(23-21(29)13-18(28)14-22(23)30)26(34)32-19-7-5-4-6-8-19/h9-14,19,24H,4-8H2,1-3H3,(H,32,34). The summed E-state index contributed by atoms with van der Waals surface area (Å²) in [6, 6.07) is 7.51. The molecule has 4 rings (SSSR count). The molecule has 0 bridgehead atoms. The molecular formula is C27H28BrF2N3O2S. The van der Waals surface area contributed by atoms with Crippen molar-refractivity contribution in [3.05, 3.63) is 79.2 Å². The minimum atomic E-state index is -1.56. The first-order valence-corrected chi connectivity index (χ1v) is 13.6. The Balaban J connectivity index is 1.89. The predicted octanol–water partition coefficient (Wildman–Crippen LogP) is 6.95. The molecule has 36 heavy (non-hydrogen) atoms. The highest BCUT2D eigenvalue weighted by molar-refractivity contribution is 9.10. The van der Waals surface area contributed by atoms with Gasteiger partial charge in [0.25, 0.3) is 5.91 Å². The van der Waals surface area contributed by atoms with Crippen LogP contribution in [-0.4, -0.2) is 22.8 Å². The quantitative estimate of drug-likeness (QED) is 0.346. The van der Waals surface area contributed by atoms with Crippen molar-refractivity contribution in [2.24, 2.45) is 0 Å². The first-order valence-electron chi connectivity index (χ1n) is 11.9. The van der Waals surface area contributed by atoms with E-state index in [0.29, 0.717) is 21.3 Å². The van der Waals surface area contributed by atoms with Gasteiger partial charge in [-0.2, -0.15) is 0 Å². The Bertz CT molecular complexity index is 1250. The Morgan fingerprint density at radius 2 is 1.67 bits per heavy atom. The zero-order chi connectivity index (χ0) is 26.0. The van der Waals surface area contributed by atoms with Crippen LogP contribution in [0.4, 0.5) is 14.5 Å². The van der Waals surface area contributed by atoms with Gasteiger partial charge in [-0.1, -0.05) is 52.9 Å². The second-order valence-corrected chi connectivity index (χ2v) is 11.3. The summed E-state index contributed by atoms with van der Waals surface area (Å²) >= 11 is 4.30. The number of thiazole rings is 1. The molecule has 0 radical (unpaired) electrons. The third-order valence-corrected chi connectivity index (χ3v) is 7.92. The molecule has 3 aromatic rings. The Morgan fingerprint density at radius 3 is 2.22 bits per heavy atom.